The van der Waals surface area contributed by atoms with Gasteiger partial charge < -0.3 is 11.1 Å². The Morgan fingerprint density at radius 1 is 1.35 bits per heavy atom. The second kappa shape index (κ2) is 4.24. The minimum atomic E-state index is 0.191. The van der Waals surface area contributed by atoms with Gasteiger partial charge in [-0.15, -0.1) is 0 Å². The Morgan fingerprint density at radius 2 is 1.94 bits per heavy atom. The van der Waals surface area contributed by atoms with Crippen molar-refractivity contribution in [1.29, 1.82) is 0 Å². The zero-order valence-electron chi connectivity index (χ0n) is 11.4. The fourth-order valence-electron chi connectivity index (χ4n) is 2.70. The Bertz CT molecular complexity index is 400. The number of nitrogens with one attached hydrogen (secondary N) is 1. The number of aryl methyl sites for hydroxylation is 1. The number of anilines is 2. The molecular weight excluding hydrogens is 212 g/mol. The second-order valence-corrected chi connectivity index (χ2v) is 5.82. The van der Waals surface area contributed by atoms with E-state index in [9.17, 15) is 0 Å². The first-order valence-corrected chi connectivity index (χ1v) is 6.53. The van der Waals surface area contributed by atoms with Crippen LogP contribution in [0.15, 0.2) is 0 Å². The summed E-state index contributed by atoms with van der Waals surface area (Å²) in [7, 11) is 1.96. The Morgan fingerprint density at radius 3 is 2.41 bits per heavy atom. The molecule has 0 spiro atoms. The molecule has 1 saturated carbocycles. The molecule has 0 aliphatic heterocycles. The maximum Gasteiger partial charge on any atom is 0.148 e. The summed E-state index contributed by atoms with van der Waals surface area (Å²) in [4.78, 5) is 0. The highest BCUT2D eigenvalue weighted by atomic mass is 15.3. The maximum absolute atomic E-state index is 6.20. The van der Waals surface area contributed by atoms with Crippen molar-refractivity contribution in [3.63, 3.8) is 0 Å². The molecule has 2 rings (SSSR count). The number of nitrogen functional groups attached to an aromatic ring is 1. The van der Waals surface area contributed by atoms with E-state index in [-0.39, 0.29) is 5.54 Å². The lowest BCUT2D eigenvalue weighted by atomic mass is 10.0. The van der Waals surface area contributed by atoms with Gasteiger partial charge in [-0.25, -0.2) is 0 Å². The van der Waals surface area contributed by atoms with E-state index in [0.717, 1.165) is 17.2 Å². The van der Waals surface area contributed by atoms with Crippen molar-refractivity contribution < 1.29 is 0 Å². The van der Waals surface area contributed by atoms with Crippen molar-refractivity contribution in [2.45, 2.75) is 57.9 Å². The van der Waals surface area contributed by atoms with Crippen LogP contribution in [0.4, 0.5) is 11.5 Å². The average Bonchev–Trinajstić information content (AvgIpc) is 2.78. The van der Waals surface area contributed by atoms with Gasteiger partial charge in [-0.3, -0.25) is 4.68 Å². The number of nitrogens with zero attached hydrogens (tertiary/aromatic N) is 2. The number of hydrogen-bond donors (Lipinski definition) is 2. The van der Waals surface area contributed by atoms with Gasteiger partial charge in [0.05, 0.1) is 11.4 Å². The summed E-state index contributed by atoms with van der Waals surface area (Å²) < 4.78 is 1.88. The number of nitrogens with two attached hydrogens (primary N) is 1. The summed E-state index contributed by atoms with van der Waals surface area (Å²) in [6.07, 6.45) is 5.04. The smallest absolute Gasteiger partial charge is 0.148 e. The molecule has 0 atom stereocenters. The highest BCUT2D eigenvalue weighted by Crippen LogP contribution is 2.36. The lowest BCUT2D eigenvalue weighted by Crippen LogP contribution is -2.32. The minimum Gasteiger partial charge on any atom is -0.394 e. The SMILES string of the molecule is CC(C)c1nn(C)c(NC2(C)CCCC2)c1N. The van der Waals surface area contributed by atoms with Gasteiger partial charge in [0.1, 0.15) is 5.82 Å². The van der Waals surface area contributed by atoms with Gasteiger partial charge in [0.2, 0.25) is 0 Å². The first-order valence-electron chi connectivity index (χ1n) is 6.53. The van der Waals surface area contributed by atoms with Crippen molar-refractivity contribution in [2.75, 3.05) is 11.1 Å². The quantitative estimate of drug-likeness (QED) is 0.848. The highest BCUT2D eigenvalue weighted by Gasteiger charge is 2.30. The van der Waals surface area contributed by atoms with Crippen molar-refractivity contribution in [2.24, 2.45) is 7.05 Å². The molecule has 96 valence electrons. The van der Waals surface area contributed by atoms with E-state index >= 15 is 0 Å². The molecule has 1 aliphatic carbocycles. The zero-order valence-corrected chi connectivity index (χ0v) is 11.4. The summed E-state index contributed by atoms with van der Waals surface area (Å²) in [6, 6.07) is 0. The van der Waals surface area contributed by atoms with Crippen molar-refractivity contribution in [3.05, 3.63) is 5.69 Å². The number of aromatic nitrogens is 2. The largest absolute Gasteiger partial charge is 0.394 e. The standard InChI is InChI=1S/C13H24N4/c1-9(2)11-10(14)12(17(4)16-11)15-13(3)7-5-6-8-13/h9,15H,5-8,14H2,1-4H3. The predicted molar refractivity (Wildman–Crippen MR) is 72.2 cm³/mol. The summed E-state index contributed by atoms with van der Waals surface area (Å²) in [5.74, 6) is 1.35. The van der Waals surface area contributed by atoms with Crippen LogP contribution in [0.5, 0.6) is 0 Å². The van der Waals surface area contributed by atoms with E-state index in [1.807, 2.05) is 11.7 Å². The first-order chi connectivity index (χ1) is 7.93. The van der Waals surface area contributed by atoms with Crippen LogP contribution in [0.1, 0.15) is 58.1 Å². The zero-order chi connectivity index (χ0) is 12.6. The lowest BCUT2D eigenvalue weighted by molar-refractivity contribution is 0.525. The minimum absolute atomic E-state index is 0.191. The summed E-state index contributed by atoms with van der Waals surface area (Å²) in [6.45, 7) is 6.53. The molecule has 17 heavy (non-hydrogen) atoms. The number of hydrogen-bond acceptors (Lipinski definition) is 3. The molecule has 4 nitrogen and oxygen atoms in total. The van der Waals surface area contributed by atoms with Crippen molar-refractivity contribution >= 4 is 11.5 Å². The summed E-state index contributed by atoms with van der Waals surface area (Å²) >= 11 is 0. The fraction of sp³-hybridized carbons (Fsp3) is 0.769. The molecule has 0 radical (unpaired) electrons. The molecule has 0 amide bonds. The monoisotopic (exact) mass is 236 g/mol. The van der Waals surface area contributed by atoms with E-state index in [4.69, 9.17) is 5.73 Å². The van der Waals surface area contributed by atoms with Crippen LogP contribution in [0, 0.1) is 0 Å². The van der Waals surface area contributed by atoms with E-state index in [1.54, 1.807) is 0 Å². The van der Waals surface area contributed by atoms with Crippen LogP contribution in [-0.4, -0.2) is 15.3 Å². The van der Waals surface area contributed by atoms with Crippen LogP contribution >= 0.6 is 0 Å². The summed E-state index contributed by atoms with van der Waals surface area (Å²) in [5.41, 5.74) is 8.20. The van der Waals surface area contributed by atoms with E-state index in [2.05, 4.69) is 31.2 Å². The van der Waals surface area contributed by atoms with Gasteiger partial charge in [0.25, 0.3) is 0 Å². The fourth-order valence-corrected chi connectivity index (χ4v) is 2.70. The lowest BCUT2D eigenvalue weighted by Gasteiger charge is -2.26. The molecule has 0 bridgehead atoms. The van der Waals surface area contributed by atoms with E-state index in [1.165, 1.54) is 25.7 Å². The normalized spacial score (nSPS) is 18.9. The molecule has 1 fully saturated rings. The van der Waals surface area contributed by atoms with Crippen LogP contribution < -0.4 is 11.1 Å². The first kappa shape index (κ1) is 12.3. The van der Waals surface area contributed by atoms with Crippen LogP contribution in [0.25, 0.3) is 0 Å². The third kappa shape index (κ3) is 2.26. The third-order valence-corrected chi connectivity index (χ3v) is 3.79. The topological polar surface area (TPSA) is 55.9 Å². The Balaban J connectivity index is 2.26. The van der Waals surface area contributed by atoms with Gasteiger partial charge in [0, 0.05) is 12.6 Å². The molecule has 1 heterocycles. The Labute approximate surface area is 104 Å². The molecule has 1 aromatic heterocycles. The molecule has 0 unspecified atom stereocenters. The van der Waals surface area contributed by atoms with Crippen LogP contribution in [0.3, 0.4) is 0 Å². The van der Waals surface area contributed by atoms with Gasteiger partial charge >= 0.3 is 0 Å². The highest BCUT2D eigenvalue weighted by molar-refractivity contribution is 5.66. The van der Waals surface area contributed by atoms with Crippen molar-refractivity contribution in [1.82, 2.24) is 9.78 Å². The van der Waals surface area contributed by atoms with Crippen LogP contribution in [0.2, 0.25) is 0 Å². The second-order valence-electron chi connectivity index (χ2n) is 5.82. The van der Waals surface area contributed by atoms with Crippen molar-refractivity contribution in [3.8, 4) is 0 Å². The summed E-state index contributed by atoms with van der Waals surface area (Å²) in [5, 5.41) is 8.12. The molecule has 4 heteroatoms. The molecular formula is C13H24N4. The Hall–Kier alpha value is -1.19. The van der Waals surface area contributed by atoms with Gasteiger partial charge in [0.15, 0.2) is 0 Å². The van der Waals surface area contributed by atoms with E-state index < -0.39 is 0 Å². The van der Waals surface area contributed by atoms with Gasteiger partial charge in [-0.2, -0.15) is 5.10 Å². The molecule has 3 N–H and O–H groups in total. The van der Waals surface area contributed by atoms with Gasteiger partial charge in [-0.05, 0) is 25.7 Å². The third-order valence-electron chi connectivity index (χ3n) is 3.79. The maximum atomic E-state index is 6.20. The van der Waals surface area contributed by atoms with Crippen LogP contribution in [-0.2, 0) is 7.05 Å². The number of rotatable bonds is 3. The van der Waals surface area contributed by atoms with E-state index in [0.29, 0.717) is 5.92 Å². The predicted octanol–water partition coefficient (Wildman–Crippen LogP) is 2.87. The Kier molecular flexibility index (Phi) is 3.06. The molecule has 1 aliphatic rings. The molecule has 1 aromatic rings. The molecule has 0 saturated heterocycles. The molecule has 0 aromatic carbocycles. The van der Waals surface area contributed by atoms with Gasteiger partial charge in [-0.1, -0.05) is 26.7 Å². The average molecular weight is 236 g/mol.